The number of benzene rings is 1. The van der Waals surface area contributed by atoms with E-state index in [2.05, 4.69) is 45.1 Å². The van der Waals surface area contributed by atoms with Crippen LogP contribution in [-0.4, -0.2) is 49.2 Å². The van der Waals surface area contributed by atoms with E-state index in [0.29, 0.717) is 6.04 Å². The van der Waals surface area contributed by atoms with Gasteiger partial charge in [0.2, 0.25) is 0 Å². The first-order valence-electron chi connectivity index (χ1n) is 13.9. The van der Waals surface area contributed by atoms with Crippen LogP contribution in [0.15, 0.2) is 12.1 Å². The molecular formula is C30H45NO4. The third-order valence-electron chi connectivity index (χ3n) is 11.6. The summed E-state index contributed by atoms with van der Waals surface area (Å²) in [5, 5.41) is 16.4. The maximum atomic E-state index is 12.2. The average molecular weight is 484 g/mol. The second kappa shape index (κ2) is 7.39. The zero-order valence-corrected chi connectivity index (χ0v) is 22.8. The van der Waals surface area contributed by atoms with Gasteiger partial charge < -0.3 is 24.6 Å². The van der Waals surface area contributed by atoms with E-state index in [1.54, 1.807) is 7.11 Å². The third kappa shape index (κ3) is 2.76. The number of hydrogen-bond acceptors (Lipinski definition) is 5. The van der Waals surface area contributed by atoms with Gasteiger partial charge in [-0.3, -0.25) is 0 Å². The van der Waals surface area contributed by atoms with Crippen LogP contribution >= 0.6 is 0 Å². The number of aliphatic hydroxyl groups is 1. The van der Waals surface area contributed by atoms with Gasteiger partial charge in [-0.25, -0.2) is 0 Å². The molecular weight excluding hydrogens is 438 g/mol. The normalized spacial score (nSPS) is 40.7. The first kappa shape index (κ1) is 24.1. The molecule has 0 aromatic heterocycles. The van der Waals surface area contributed by atoms with Crippen molar-refractivity contribution in [3.8, 4) is 11.5 Å². The summed E-state index contributed by atoms with van der Waals surface area (Å²) in [6.07, 6.45) is 7.55. The number of hydrogen-bond donors (Lipinski definition) is 2. The SMILES string of the molecule is CC[C@]12c3c4ccc(OC)c3O[C@H]1[C@]1(OC)CC[C@@]2(C[C@@H]1C(C)(O)C(C)(C)C)[C@H](NCC1CC1)C4. The maximum absolute atomic E-state index is 12.2. The number of rotatable bonds is 7. The number of nitrogens with one attached hydrogen (secondary N) is 1. The Balaban J connectivity index is 1.59. The van der Waals surface area contributed by atoms with Crippen molar-refractivity contribution in [3.05, 3.63) is 23.3 Å². The average Bonchev–Trinajstić information content (AvgIpc) is 3.58. The molecule has 194 valence electrons. The molecule has 7 atom stereocenters. The Morgan fingerprint density at radius 1 is 1.14 bits per heavy atom. The highest BCUT2D eigenvalue weighted by molar-refractivity contribution is 5.63. The standard InChI is InChI=1S/C30H45NO4/c1-8-29-23-19-11-12-20(33-6)24(23)35-25(29)30(34-7)14-13-28(29,22(15-19)31-17-18-9-10-18)16-21(30)27(5,32)26(2,3)4/h11-12,18,21-22,25,31-32H,8-10,13-17H2,1-7H3/t21-,22-,25-,27?,28-,29+,30+/m1/s1. The molecule has 7 rings (SSSR count). The molecule has 1 aromatic carbocycles. The van der Waals surface area contributed by atoms with E-state index >= 15 is 0 Å². The number of fused-ring (bicyclic) bond motifs is 2. The van der Waals surface area contributed by atoms with Crippen molar-refractivity contribution < 1.29 is 19.3 Å². The summed E-state index contributed by atoms with van der Waals surface area (Å²) in [7, 11) is 3.60. The van der Waals surface area contributed by atoms with Crippen molar-refractivity contribution in [1.82, 2.24) is 5.32 Å². The summed E-state index contributed by atoms with van der Waals surface area (Å²) >= 11 is 0. The van der Waals surface area contributed by atoms with Crippen molar-refractivity contribution >= 4 is 0 Å². The molecule has 0 radical (unpaired) electrons. The van der Waals surface area contributed by atoms with Crippen molar-refractivity contribution in [2.24, 2.45) is 22.7 Å². The summed E-state index contributed by atoms with van der Waals surface area (Å²) in [6, 6.07) is 4.74. The van der Waals surface area contributed by atoms with Crippen LogP contribution in [0, 0.1) is 22.7 Å². The van der Waals surface area contributed by atoms with Gasteiger partial charge in [-0.2, -0.15) is 0 Å². The van der Waals surface area contributed by atoms with Crippen molar-refractivity contribution in [1.29, 1.82) is 0 Å². The monoisotopic (exact) mass is 483 g/mol. The molecule has 4 saturated carbocycles. The fraction of sp³-hybridized carbons (Fsp3) is 0.800. The Bertz CT molecular complexity index is 1030. The lowest BCUT2D eigenvalue weighted by atomic mass is 9.34. The lowest BCUT2D eigenvalue weighted by Crippen LogP contribution is -2.81. The second-order valence-electron chi connectivity index (χ2n) is 13.5. The maximum Gasteiger partial charge on any atom is 0.165 e. The van der Waals surface area contributed by atoms with Gasteiger partial charge in [0.15, 0.2) is 11.5 Å². The quantitative estimate of drug-likeness (QED) is 0.571. The largest absolute Gasteiger partial charge is 0.493 e. The van der Waals surface area contributed by atoms with E-state index < -0.39 is 11.2 Å². The van der Waals surface area contributed by atoms with Crippen molar-refractivity contribution in [2.75, 3.05) is 20.8 Å². The molecule has 5 aliphatic carbocycles. The Kier molecular flexibility index (Phi) is 5.08. The Hall–Kier alpha value is -1.30. The minimum absolute atomic E-state index is 0.00606. The molecule has 1 aliphatic heterocycles. The van der Waals surface area contributed by atoms with E-state index in [1.807, 2.05) is 14.0 Å². The van der Waals surface area contributed by atoms with Crippen LogP contribution in [0.4, 0.5) is 0 Å². The molecule has 0 saturated heterocycles. The molecule has 4 fully saturated rings. The highest BCUT2D eigenvalue weighted by atomic mass is 16.6. The fourth-order valence-electron chi connectivity index (χ4n) is 9.07. The molecule has 1 heterocycles. The summed E-state index contributed by atoms with van der Waals surface area (Å²) in [5.41, 5.74) is 0.905. The van der Waals surface area contributed by atoms with E-state index in [-0.39, 0.29) is 28.3 Å². The molecule has 35 heavy (non-hydrogen) atoms. The Morgan fingerprint density at radius 2 is 1.89 bits per heavy atom. The van der Waals surface area contributed by atoms with Gasteiger partial charge in [0.25, 0.3) is 0 Å². The molecule has 5 heteroatoms. The summed E-state index contributed by atoms with van der Waals surface area (Å²) in [4.78, 5) is 0. The molecule has 2 N–H and O–H groups in total. The minimum atomic E-state index is -0.903. The zero-order chi connectivity index (χ0) is 25.0. The molecule has 2 bridgehead atoms. The van der Waals surface area contributed by atoms with Crippen LogP contribution in [0.5, 0.6) is 11.5 Å². The van der Waals surface area contributed by atoms with Crippen LogP contribution in [0.2, 0.25) is 0 Å². The molecule has 5 nitrogen and oxygen atoms in total. The lowest BCUT2D eigenvalue weighted by Gasteiger charge is -2.73. The highest BCUT2D eigenvalue weighted by Gasteiger charge is 2.80. The summed E-state index contributed by atoms with van der Waals surface area (Å²) in [5.74, 6) is 2.56. The fourth-order valence-corrected chi connectivity index (χ4v) is 9.07. The van der Waals surface area contributed by atoms with Crippen LogP contribution < -0.4 is 14.8 Å². The molecule has 1 aromatic rings. The predicted molar refractivity (Wildman–Crippen MR) is 137 cm³/mol. The predicted octanol–water partition coefficient (Wildman–Crippen LogP) is 5.01. The molecule has 1 spiro atoms. The first-order valence-corrected chi connectivity index (χ1v) is 13.9. The van der Waals surface area contributed by atoms with Crippen LogP contribution in [0.3, 0.4) is 0 Å². The Labute approximate surface area is 211 Å². The topological polar surface area (TPSA) is 60.0 Å². The molecule has 0 amide bonds. The molecule has 1 unspecified atom stereocenters. The number of ether oxygens (including phenoxy) is 3. The van der Waals surface area contributed by atoms with E-state index in [4.69, 9.17) is 14.2 Å². The summed E-state index contributed by atoms with van der Waals surface area (Å²) in [6.45, 7) is 12.0. The van der Waals surface area contributed by atoms with E-state index in [0.717, 1.165) is 56.1 Å². The van der Waals surface area contributed by atoms with E-state index in [1.165, 1.54) is 24.0 Å². The van der Waals surface area contributed by atoms with E-state index in [9.17, 15) is 5.11 Å². The van der Waals surface area contributed by atoms with Crippen molar-refractivity contribution in [2.45, 2.75) is 108 Å². The smallest absolute Gasteiger partial charge is 0.165 e. The first-order chi connectivity index (χ1) is 16.5. The lowest BCUT2D eigenvalue weighted by molar-refractivity contribution is -0.298. The number of methoxy groups -OCH3 is 2. The van der Waals surface area contributed by atoms with Gasteiger partial charge in [0.05, 0.1) is 12.7 Å². The van der Waals surface area contributed by atoms with Gasteiger partial charge in [-0.15, -0.1) is 0 Å². The van der Waals surface area contributed by atoms with Gasteiger partial charge in [0, 0.05) is 35.5 Å². The van der Waals surface area contributed by atoms with Gasteiger partial charge in [0.1, 0.15) is 11.7 Å². The Morgan fingerprint density at radius 3 is 2.49 bits per heavy atom. The van der Waals surface area contributed by atoms with Crippen LogP contribution in [0.1, 0.15) is 84.3 Å². The van der Waals surface area contributed by atoms with Crippen LogP contribution in [0.25, 0.3) is 0 Å². The third-order valence-corrected chi connectivity index (χ3v) is 11.6. The van der Waals surface area contributed by atoms with Gasteiger partial charge >= 0.3 is 0 Å². The summed E-state index contributed by atoms with van der Waals surface area (Å²) < 4.78 is 19.5. The second-order valence-corrected chi connectivity index (χ2v) is 13.5. The highest BCUT2D eigenvalue weighted by Crippen LogP contribution is 2.76. The van der Waals surface area contributed by atoms with Gasteiger partial charge in [-0.05, 0) is 81.4 Å². The van der Waals surface area contributed by atoms with Crippen LogP contribution in [-0.2, 0) is 16.6 Å². The van der Waals surface area contributed by atoms with Gasteiger partial charge in [-0.1, -0.05) is 33.8 Å². The molecule has 6 aliphatic rings. The minimum Gasteiger partial charge on any atom is -0.493 e. The van der Waals surface area contributed by atoms with Crippen molar-refractivity contribution in [3.63, 3.8) is 0 Å². The zero-order valence-electron chi connectivity index (χ0n) is 22.8.